The van der Waals surface area contributed by atoms with Crippen molar-refractivity contribution in [1.82, 2.24) is 0 Å². The predicted molar refractivity (Wildman–Crippen MR) is 392 cm³/mol. The van der Waals surface area contributed by atoms with Gasteiger partial charge in [0.15, 0.2) is 0 Å². The lowest BCUT2D eigenvalue weighted by Gasteiger charge is -2.44. The van der Waals surface area contributed by atoms with Gasteiger partial charge in [-0.15, -0.1) is 0 Å². The second-order valence-electron chi connectivity index (χ2n) is 23.8. The summed E-state index contributed by atoms with van der Waals surface area (Å²) in [6.45, 7) is -0.288. The van der Waals surface area contributed by atoms with Crippen molar-refractivity contribution >= 4 is 138 Å². The zero-order valence-electron chi connectivity index (χ0n) is 50.1. The molecule has 14 aromatic carbocycles. The SMILES string of the molecule is c1ccc(-c2cccc(-c3ccccc3)c2-c2c3c(cc4c2Sc2cc(N(c5ccccc5)c5ccccc5)cc5c2B4c2ccccc2N5c2ccccc2)B2c4ccccc4N(c4ccccc4)c4cc(N(c5ccccc5)c5ccccc5)cc(c42)S3)cc1. The van der Waals surface area contributed by atoms with Crippen molar-refractivity contribution in [2.24, 2.45) is 0 Å². The van der Waals surface area contributed by atoms with Crippen molar-refractivity contribution in [3.8, 4) is 33.4 Å². The summed E-state index contributed by atoms with van der Waals surface area (Å²) in [6.07, 6.45) is 0. The number of anilines is 12. The molecular weight excluding hydrogens is 1150 g/mol. The Morgan fingerprint density at radius 2 is 0.576 bits per heavy atom. The molecule has 92 heavy (non-hydrogen) atoms. The van der Waals surface area contributed by atoms with Crippen LogP contribution in [0.3, 0.4) is 0 Å². The van der Waals surface area contributed by atoms with Crippen LogP contribution in [0.15, 0.2) is 359 Å². The average Bonchev–Trinajstić information content (AvgIpc) is 0.691. The van der Waals surface area contributed by atoms with E-state index in [1.807, 2.05) is 23.5 Å². The lowest BCUT2D eigenvalue weighted by Crippen LogP contribution is -2.64. The minimum Gasteiger partial charge on any atom is -0.311 e. The number of hydrogen-bond donors (Lipinski definition) is 0. The Morgan fingerprint density at radius 1 is 0.250 bits per heavy atom. The van der Waals surface area contributed by atoms with Crippen LogP contribution in [0.2, 0.25) is 0 Å². The van der Waals surface area contributed by atoms with Crippen molar-refractivity contribution in [3.05, 3.63) is 340 Å². The average molecular weight is 1210 g/mol. The fourth-order valence-corrected chi connectivity index (χ4v) is 17.6. The van der Waals surface area contributed by atoms with Gasteiger partial charge in [0.05, 0.1) is 0 Å². The molecule has 4 aliphatic rings. The molecule has 0 unspecified atom stereocenters. The smallest absolute Gasteiger partial charge is 0.249 e. The highest BCUT2D eigenvalue weighted by Crippen LogP contribution is 2.55. The molecule has 4 heterocycles. The number of fused-ring (bicyclic) bond motifs is 8. The van der Waals surface area contributed by atoms with Gasteiger partial charge in [0.2, 0.25) is 13.4 Å². The van der Waals surface area contributed by atoms with Gasteiger partial charge in [0.25, 0.3) is 0 Å². The number of hydrogen-bond acceptors (Lipinski definition) is 6. The Hall–Kier alpha value is -10.9. The van der Waals surface area contributed by atoms with Crippen LogP contribution in [0.5, 0.6) is 0 Å². The zero-order valence-corrected chi connectivity index (χ0v) is 51.7. The number of nitrogens with zero attached hydrogens (tertiary/aromatic N) is 4. The highest BCUT2D eigenvalue weighted by Gasteiger charge is 2.48. The molecule has 0 spiro atoms. The van der Waals surface area contributed by atoms with Crippen molar-refractivity contribution in [2.45, 2.75) is 19.6 Å². The van der Waals surface area contributed by atoms with Gasteiger partial charge >= 0.3 is 0 Å². The van der Waals surface area contributed by atoms with E-state index in [0.29, 0.717) is 0 Å². The third-order valence-electron chi connectivity index (χ3n) is 18.7. The molecule has 0 bridgehead atoms. The molecule has 0 saturated carbocycles. The van der Waals surface area contributed by atoms with Gasteiger partial charge in [0, 0.05) is 93.4 Å². The molecule has 4 nitrogen and oxygen atoms in total. The Bertz CT molecular complexity index is 4730. The summed E-state index contributed by atoms with van der Waals surface area (Å²) in [5.74, 6) is 0. The maximum atomic E-state index is 2.68. The van der Waals surface area contributed by atoms with Gasteiger partial charge < -0.3 is 19.6 Å². The molecule has 430 valence electrons. The summed E-state index contributed by atoms with van der Waals surface area (Å²) >= 11 is 3.91. The molecule has 0 radical (unpaired) electrons. The second-order valence-corrected chi connectivity index (χ2v) is 25.9. The zero-order chi connectivity index (χ0) is 60.6. The van der Waals surface area contributed by atoms with Crippen LogP contribution >= 0.6 is 23.5 Å². The van der Waals surface area contributed by atoms with Crippen molar-refractivity contribution in [3.63, 3.8) is 0 Å². The number of para-hydroxylation sites is 8. The van der Waals surface area contributed by atoms with E-state index >= 15 is 0 Å². The van der Waals surface area contributed by atoms with E-state index in [1.54, 1.807) is 0 Å². The molecule has 0 amide bonds. The van der Waals surface area contributed by atoms with Gasteiger partial charge in [0.1, 0.15) is 0 Å². The molecule has 0 saturated heterocycles. The van der Waals surface area contributed by atoms with Gasteiger partial charge in [-0.1, -0.05) is 265 Å². The fourth-order valence-electron chi connectivity index (χ4n) is 14.9. The van der Waals surface area contributed by atoms with E-state index in [-0.39, 0.29) is 13.4 Å². The minimum atomic E-state index is -0.144. The Morgan fingerprint density at radius 3 is 0.946 bits per heavy atom. The van der Waals surface area contributed by atoms with Crippen molar-refractivity contribution in [2.75, 3.05) is 19.6 Å². The van der Waals surface area contributed by atoms with Crippen LogP contribution in [0.1, 0.15) is 0 Å². The van der Waals surface area contributed by atoms with Crippen LogP contribution in [0, 0.1) is 0 Å². The summed E-state index contributed by atoms with van der Waals surface area (Å²) < 4.78 is 0. The topological polar surface area (TPSA) is 13.0 Å². The van der Waals surface area contributed by atoms with E-state index < -0.39 is 0 Å². The molecule has 18 rings (SSSR count). The van der Waals surface area contributed by atoms with Crippen molar-refractivity contribution < 1.29 is 0 Å². The Kier molecular flexibility index (Phi) is 13.3. The van der Waals surface area contributed by atoms with E-state index in [9.17, 15) is 0 Å². The highest BCUT2D eigenvalue weighted by molar-refractivity contribution is 8.01. The van der Waals surface area contributed by atoms with Crippen LogP contribution in [-0.2, 0) is 0 Å². The molecule has 0 aromatic heterocycles. The van der Waals surface area contributed by atoms with Crippen LogP contribution in [0.4, 0.5) is 68.2 Å². The number of rotatable bonds is 11. The van der Waals surface area contributed by atoms with E-state index in [4.69, 9.17) is 0 Å². The normalized spacial score (nSPS) is 12.8. The Balaban J connectivity index is 0.984. The molecule has 0 atom stereocenters. The molecule has 8 heteroatoms. The third kappa shape index (κ3) is 8.88. The first-order valence-corrected chi connectivity index (χ1v) is 33.2. The van der Waals surface area contributed by atoms with Gasteiger partial charge in [-0.2, -0.15) is 0 Å². The first-order valence-electron chi connectivity index (χ1n) is 31.6. The molecule has 0 aliphatic carbocycles. The lowest BCUT2D eigenvalue weighted by molar-refractivity contribution is 1.22. The first-order chi connectivity index (χ1) is 45.7. The summed E-state index contributed by atoms with van der Waals surface area (Å²) in [5, 5.41) is 0. The van der Waals surface area contributed by atoms with E-state index in [0.717, 1.165) is 45.5 Å². The van der Waals surface area contributed by atoms with Crippen molar-refractivity contribution in [1.29, 1.82) is 0 Å². The quantitative estimate of drug-likeness (QED) is 0.119. The summed E-state index contributed by atoms with van der Waals surface area (Å²) in [7, 11) is 0. The molecule has 14 aromatic rings. The van der Waals surface area contributed by atoms with E-state index in [2.05, 4.69) is 359 Å². The third-order valence-corrected chi connectivity index (χ3v) is 21.1. The fraction of sp³-hybridized carbons (Fsp3) is 0. The Labute approximate surface area is 546 Å². The second kappa shape index (κ2) is 22.5. The predicted octanol–water partition coefficient (Wildman–Crippen LogP) is 19.2. The van der Waals surface area contributed by atoms with Crippen LogP contribution < -0.4 is 52.4 Å². The van der Waals surface area contributed by atoms with Gasteiger partial charge in [-0.25, -0.2) is 0 Å². The molecule has 0 fully saturated rings. The maximum absolute atomic E-state index is 2.68. The molecular formula is C84H56B2N4S2. The summed E-state index contributed by atoms with van der Waals surface area (Å²) in [4.78, 5) is 15.0. The minimum absolute atomic E-state index is 0.144. The molecule has 4 aliphatic heterocycles. The highest BCUT2D eigenvalue weighted by atomic mass is 32.2. The standard InChI is InChI=1S/C84H56B2N4S2/c1-9-30-57(31-10-1)67-46-29-47-68(58-32-11-2-12-33-58)79(67)80-83-71(85-69-48-25-27-50-73(69)89(63-42-21-7-22-43-63)75-52-65(54-77(91-83)81(75)85)87(59-34-13-3-14-35-59)60-36-15-4-16-37-60)56-72-84(80)92-78-55-66(88(61-38-17-5-18-39-61)62-40-19-6-20-41-62)53-76-82(78)86(72)70-49-26-28-51-74(70)90(76)64-44-23-8-24-45-64/h1-56H. The van der Waals surface area contributed by atoms with Gasteiger partial charge in [-0.3, -0.25) is 0 Å². The largest absolute Gasteiger partial charge is 0.311 e. The number of benzene rings is 14. The van der Waals surface area contributed by atoms with Crippen LogP contribution in [-0.4, -0.2) is 13.4 Å². The first kappa shape index (κ1) is 54.1. The van der Waals surface area contributed by atoms with Crippen LogP contribution in [0.25, 0.3) is 33.4 Å². The monoisotopic (exact) mass is 1210 g/mol. The van der Waals surface area contributed by atoms with E-state index in [1.165, 1.54) is 108 Å². The summed E-state index contributed by atoms with van der Waals surface area (Å²) in [6, 6.07) is 126. The van der Waals surface area contributed by atoms with Gasteiger partial charge in [-0.05, 0) is 159 Å². The maximum Gasteiger partial charge on any atom is 0.249 e. The molecule has 0 N–H and O–H groups in total. The summed E-state index contributed by atoms with van der Waals surface area (Å²) in [5.41, 5.74) is 28.6. The lowest BCUT2D eigenvalue weighted by atomic mass is 9.31.